The summed E-state index contributed by atoms with van der Waals surface area (Å²) in [5, 5.41) is 3.45. The Hall–Kier alpha value is -1.09. The molecule has 0 amide bonds. The molecule has 0 radical (unpaired) electrons. The summed E-state index contributed by atoms with van der Waals surface area (Å²) in [6.45, 7) is 0. The molecule has 1 aliphatic carbocycles. The van der Waals surface area contributed by atoms with Crippen molar-refractivity contribution in [3.63, 3.8) is 0 Å². The highest BCUT2D eigenvalue weighted by Gasteiger charge is 2.26. The molecule has 3 heteroatoms. The van der Waals surface area contributed by atoms with Crippen molar-refractivity contribution in [3.05, 3.63) is 24.0 Å². The van der Waals surface area contributed by atoms with Crippen molar-refractivity contribution in [2.45, 2.75) is 44.6 Å². The molecule has 1 aromatic rings. The standard InChI is InChI=1S/C15H24N2O/c1-16-14(12-8-5-3-4-6-9-12)15-13(18-2)10-7-11-17-15/h7,10-12,14,16H,3-6,8-9H2,1-2H3. The molecule has 1 N–H and O–H groups in total. The van der Waals surface area contributed by atoms with Crippen LogP contribution in [0.1, 0.15) is 50.3 Å². The number of methoxy groups -OCH3 is 1. The van der Waals surface area contributed by atoms with Crippen molar-refractivity contribution < 1.29 is 4.74 Å². The predicted molar refractivity (Wildman–Crippen MR) is 73.8 cm³/mol. The molecular weight excluding hydrogens is 224 g/mol. The number of rotatable bonds is 4. The molecule has 1 fully saturated rings. The molecule has 1 atom stereocenters. The summed E-state index contributed by atoms with van der Waals surface area (Å²) in [4.78, 5) is 4.54. The van der Waals surface area contributed by atoms with Crippen LogP contribution < -0.4 is 10.1 Å². The third-order valence-electron chi connectivity index (χ3n) is 4.00. The first-order chi connectivity index (χ1) is 8.86. The summed E-state index contributed by atoms with van der Waals surface area (Å²) in [6, 6.07) is 4.25. The van der Waals surface area contributed by atoms with Crippen molar-refractivity contribution in [1.29, 1.82) is 0 Å². The van der Waals surface area contributed by atoms with E-state index in [1.807, 2.05) is 25.4 Å². The van der Waals surface area contributed by atoms with Gasteiger partial charge in [0.1, 0.15) is 5.75 Å². The number of aromatic nitrogens is 1. The van der Waals surface area contributed by atoms with Gasteiger partial charge in [0, 0.05) is 6.20 Å². The SMILES string of the molecule is CNC(c1ncccc1OC)C1CCCCCC1. The number of ether oxygens (including phenoxy) is 1. The molecule has 1 aromatic heterocycles. The summed E-state index contributed by atoms with van der Waals surface area (Å²) in [7, 11) is 3.75. The molecule has 2 rings (SSSR count). The van der Waals surface area contributed by atoms with E-state index in [4.69, 9.17) is 4.74 Å². The van der Waals surface area contributed by atoms with E-state index in [1.165, 1.54) is 38.5 Å². The van der Waals surface area contributed by atoms with Gasteiger partial charge in [0.25, 0.3) is 0 Å². The van der Waals surface area contributed by atoms with E-state index in [0.29, 0.717) is 12.0 Å². The monoisotopic (exact) mass is 248 g/mol. The van der Waals surface area contributed by atoms with Crippen LogP contribution in [0.15, 0.2) is 18.3 Å². The van der Waals surface area contributed by atoms with Gasteiger partial charge in [-0.05, 0) is 37.9 Å². The van der Waals surface area contributed by atoms with Crippen LogP contribution in [0, 0.1) is 5.92 Å². The van der Waals surface area contributed by atoms with Crippen LogP contribution in [0.2, 0.25) is 0 Å². The van der Waals surface area contributed by atoms with Crippen molar-refractivity contribution in [2.24, 2.45) is 5.92 Å². The lowest BCUT2D eigenvalue weighted by Crippen LogP contribution is -2.26. The van der Waals surface area contributed by atoms with E-state index in [9.17, 15) is 0 Å². The van der Waals surface area contributed by atoms with Crippen LogP contribution in [-0.4, -0.2) is 19.1 Å². The van der Waals surface area contributed by atoms with Gasteiger partial charge in [-0.15, -0.1) is 0 Å². The number of nitrogens with zero attached hydrogens (tertiary/aromatic N) is 1. The molecule has 0 spiro atoms. The van der Waals surface area contributed by atoms with Crippen molar-refractivity contribution in [3.8, 4) is 5.75 Å². The molecule has 0 aromatic carbocycles. The maximum atomic E-state index is 5.45. The largest absolute Gasteiger partial charge is 0.495 e. The van der Waals surface area contributed by atoms with E-state index >= 15 is 0 Å². The highest BCUT2D eigenvalue weighted by Crippen LogP contribution is 2.35. The van der Waals surface area contributed by atoms with E-state index in [1.54, 1.807) is 7.11 Å². The molecule has 0 bridgehead atoms. The molecule has 3 nitrogen and oxygen atoms in total. The third kappa shape index (κ3) is 3.02. The molecule has 0 aliphatic heterocycles. The topological polar surface area (TPSA) is 34.2 Å². The Morgan fingerprint density at radius 1 is 1.28 bits per heavy atom. The first-order valence-corrected chi connectivity index (χ1v) is 7.03. The minimum absolute atomic E-state index is 0.319. The normalized spacial score (nSPS) is 19.2. The Morgan fingerprint density at radius 2 is 2.00 bits per heavy atom. The lowest BCUT2D eigenvalue weighted by atomic mass is 9.89. The van der Waals surface area contributed by atoms with E-state index in [0.717, 1.165) is 11.4 Å². The molecule has 18 heavy (non-hydrogen) atoms. The fourth-order valence-corrected chi connectivity index (χ4v) is 3.05. The second kappa shape index (κ2) is 6.74. The Bertz CT molecular complexity index is 359. The molecule has 100 valence electrons. The predicted octanol–water partition coefficient (Wildman–Crippen LogP) is 3.32. The maximum Gasteiger partial charge on any atom is 0.141 e. The van der Waals surface area contributed by atoms with E-state index in [2.05, 4.69) is 10.3 Å². The average molecular weight is 248 g/mol. The van der Waals surface area contributed by atoms with Gasteiger partial charge in [-0.3, -0.25) is 4.98 Å². The minimum Gasteiger partial charge on any atom is -0.495 e. The molecular formula is C15H24N2O. The van der Waals surface area contributed by atoms with Gasteiger partial charge < -0.3 is 10.1 Å². The quantitative estimate of drug-likeness (QED) is 0.830. The van der Waals surface area contributed by atoms with Crippen LogP contribution in [0.4, 0.5) is 0 Å². The van der Waals surface area contributed by atoms with Gasteiger partial charge in [0.15, 0.2) is 0 Å². The zero-order valence-electron chi connectivity index (χ0n) is 11.5. The van der Waals surface area contributed by atoms with Crippen LogP contribution in [0.5, 0.6) is 5.75 Å². The van der Waals surface area contributed by atoms with Crippen molar-refractivity contribution in [2.75, 3.05) is 14.2 Å². The number of nitrogens with one attached hydrogen (secondary N) is 1. The Kier molecular flexibility index (Phi) is 5.00. The summed E-state index contributed by atoms with van der Waals surface area (Å²) < 4.78 is 5.45. The molecule has 1 saturated carbocycles. The van der Waals surface area contributed by atoms with Crippen LogP contribution in [0.25, 0.3) is 0 Å². The Balaban J connectivity index is 2.20. The molecule has 1 heterocycles. The zero-order chi connectivity index (χ0) is 12.8. The lowest BCUT2D eigenvalue weighted by molar-refractivity contribution is 0.319. The zero-order valence-corrected chi connectivity index (χ0v) is 11.5. The first kappa shape index (κ1) is 13.3. The van der Waals surface area contributed by atoms with Gasteiger partial charge in [0.05, 0.1) is 18.8 Å². The van der Waals surface area contributed by atoms with Gasteiger partial charge in [-0.2, -0.15) is 0 Å². The lowest BCUT2D eigenvalue weighted by Gasteiger charge is -2.26. The third-order valence-corrected chi connectivity index (χ3v) is 4.00. The smallest absolute Gasteiger partial charge is 0.141 e. The minimum atomic E-state index is 0.319. The van der Waals surface area contributed by atoms with Gasteiger partial charge in [-0.1, -0.05) is 25.7 Å². The molecule has 0 saturated heterocycles. The van der Waals surface area contributed by atoms with Crippen LogP contribution in [0.3, 0.4) is 0 Å². The summed E-state index contributed by atoms with van der Waals surface area (Å²) in [5.41, 5.74) is 1.06. The van der Waals surface area contributed by atoms with Crippen molar-refractivity contribution in [1.82, 2.24) is 10.3 Å². The fraction of sp³-hybridized carbons (Fsp3) is 0.667. The second-order valence-electron chi connectivity index (χ2n) is 5.11. The Morgan fingerprint density at radius 3 is 2.61 bits per heavy atom. The highest BCUT2D eigenvalue weighted by atomic mass is 16.5. The maximum absolute atomic E-state index is 5.45. The summed E-state index contributed by atoms with van der Waals surface area (Å²) in [6.07, 6.45) is 9.91. The number of pyridine rings is 1. The molecule has 1 unspecified atom stereocenters. The van der Waals surface area contributed by atoms with Gasteiger partial charge in [0.2, 0.25) is 0 Å². The molecule has 1 aliphatic rings. The van der Waals surface area contributed by atoms with E-state index in [-0.39, 0.29) is 0 Å². The summed E-state index contributed by atoms with van der Waals surface area (Å²) in [5.74, 6) is 1.59. The first-order valence-electron chi connectivity index (χ1n) is 7.03. The van der Waals surface area contributed by atoms with Crippen molar-refractivity contribution >= 4 is 0 Å². The van der Waals surface area contributed by atoms with Crippen LogP contribution in [-0.2, 0) is 0 Å². The Labute approximate surface area is 110 Å². The number of hydrogen-bond donors (Lipinski definition) is 1. The average Bonchev–Trinajstić information content (AvgIpc) is 2.69. The fourth-order valence-electron chi connectivity index (χ4n) is 3.05. The van der Waals surface area contributed by atoms with Crippen LogP contribution >= 0.6 is 0 Å². The van der Waals surface area contributed by atoms with Gasteiger partial charge >= 0.3 is 0 Å². The highest BCUT2D eigenvalue weighted by molar-refractivity contribution is 5.30. The number of hydrogen-bond acceptors (Lipinski definition) is 3. The van der Waals surface area contributed by atoms with E-state index < -0.39 is 0 Å². The van der Waals surface area contributed by atoms with Gasteiger partial charge in [-0.25, -0.2) is 0 Å². The second-order valence-corrected chi connectivity index (χ2v) is 5.11. The summed E-state index contributed by atoms with van der Waals surface area (Å²) >= 11 is 0.